The van der Waals surface area contributed by atoms with Crippen LogP contribution in [0.3, 0.4) is 0 Å². The Bertz CT molecular complexity index is 560. The molecule has 1 N–H and O–H groups in total. The molecule has 2 aromatic carbocycles. The minimum Gasteiger partial charge on any atom is -0.492 e. The van der Waals surface area contributed by atoms with Gasteiger partial charge in [-0.2, -0.15) is 0 Å². The van der Waals surface area contributed by atoms with Gasteiger partial charge in [-0.3, -0.25) is 0 Å². The summed E-state index contributed by atoms with van der Waals surface area (Å²) < 4.78 is 18.6. The van der Waals surface area contributed by atoms with Crippen molar-refractivity contribution in [2.75, 3.05) is 11.9 Å². The number of rotatable bonds is 5. The van der Waals surface area contributed by atoms with E-state index < -0.39 is 0 Å². The van der Waals surface area contributed by atoms with Gasteiger partial charge in [-0.05, 0) is 30.7 Å². The van der Waals surface area contributed by atoms with Gasteiger partial charge in [0.1, 0.15) is 11.6 Å². The van der Waals surface area contributed by atoms with Crippen molar-refractivity contribution < 1.29 is 9.13 Å². The van der Waals surface area contributed by atoms with Crippen LogP contribution < -0.4 is 10.1 Å². The molecule has 0 aliphatic rings. The molecule has 0 aromatic heterocycles. The molecule has 0 bridgehead atoms. The number of halogens is 2. The highest BCUT2D eigenvalue weighted by Gasteiger charge is 2.06. The lowest BCUT2D eigenvalue weighted by atomic mass is 10.2. The maximum atomic E-state index is 13.2. The average Bonchev–Trinajstić information content (AvgIpc) is 2.40. The Morgan fingerprint density at radius 1 is 1.21 bits per heavy atom. The van der Waals surface area contributed by atoms with E-state index in [4.69, 9.17) is 16.3 Å². The van der Waals surface area contributed by atoms with Gasteiger partial charge < -0.3 is 10.1 Å². The van der Waals surface area contributed by atoms with Crippen LogP contribution in [0.4, 0.5) is 10.1 Å². The second-order valence-electron chi connectivity index (χ2n) is 4.02. The van der Waals surface area contributed by atoms with E-state index >= 15 is 0 Å². The Balaban J connectivity index is 2.13. The molecule has 0 unspecified atom stereocenters. The zero-order valence-electron chi connectivity index (χ0n) is 10.6. The third-order valence-electron chi connectivity index (χ3n) is 2.67. The second kappa shape index (κ2) is 6.43. The van der Waals surface area contributed by atoms with Crippen LogP contribution in [-0.4, -0.2) is 6.61 Å². The summed E-state index contributed by atoms with van der Waals surface area (Å²) in [6, 6.07) is 12.0. The fourth-order valence-corrected chi connectivity index (χ4v) is 1.95. The fourth-order valence-electron chi connectivity index (χ4n) is 1.75. The van der Waals surface area contributed by atoms with Gasteiger partial charge in [0, 0.05) is 17.6 Å². The third kappa shape index (κ3) is 3.61. The van der Waals surface area contributed by atoms with E-state index in [0.717, 1.165) is 11.3 Å². The first-order chi connectivity index (χ1) is 9.20. The van der Waals surface area contributed by atoms with E-state index in [-0.39, 0.29) is 5.82 Å². The third-order valence-corrected chi connectivity index (χ3v) is 3.04. The van der Waals surface area contributed by atoms with Crippen LogP contribution in [0.25, 0.3) is 0 Å². The Kier molecular flexibility index (Phi) is 4.63. The van der Waals surface area contributed by atoms with Crippen LogP contribution in [0.5, 0.6) is 5.75 Å². The number of anilines is 1. The van der Waals surface area contributed by atoms with Gasteiger partial charge in [0.2, 0.25) is 0 Å². The van der Waals surface area contributed by atoms with E-state index in [1.54, 1.807) is 6.07 Å². The molecule has 0 spiro atoms. The van der Waals surface area contributed by atoms with Crippen LogP contribution >= 0.6 is 11.6 Å². The summed E-state index contributed by atoms with van der Waals surface area (Å²) in [5, 5.41) is 3.91. The molecule has 0 amide bonds. The quantitative estimate of drug-likeness (QED) is 0.871. The normalized spacial score (nSPS) is 10.3. The number of ether oxygens (including phenoxy) is 1. The van der Waals surface area contributed by atoms with E-state index in [9.17, 15) is 4.39 Å². The Hall–Kier alpha value is -1.74. The molecule has 0 radical (unpaired) electrons. The second-order valence-corrected chi connectivity index (χ2v) is 4.43. The maximum absolute atomic E-state index is 13.2. The largest absolute Gasteiger partial charge is 0.492 e. The standard InChI is InChI=1S/C15H15ClFNO/c1-2-19-15-9-12(17)7-8-14(15)18-10-11-5-3-4-6-13(11)16/h3-9,18H,2,10H2,1H3. The lowest BCUT2D eigenvalue weighted by molar-refractivity contribution is 0.340. The minimum atomic E-state index is -0.313. The summed E-state index contributed by atoms with van der Waals surface area (Å²) >= 11 is 6.09. The van der Waals surface area contributed by atoms with Crippen molar-refractivity contribution in [2.45, 2.75) is 13.5 Å². The fraction of sp³-hybridized carbons (Fsp3) is 0.200. The lowest BCUT2D eigenvalue weighted by Gasteiger charge is -2.13. The summed E-state index contributed by atoms with van der Waals surface area (Å²) in [6.45, 7) is 2.92. The predicted molar refractivity (Wildman–Crippen MR) is 76.3 cm³/mol. The molecule has 0 aliphatic carbocycles. The predicted octanol–water partition coefficient (Wildman–Crippen LogP) is 4.49. The van der Waals surface area contributed by atoms with Crippen LogP contribution in [0.15, 0.2) is 42.5 Å². The first-order valence-corrected chi connectivity index (χ1v) is 6.48. The molecule has 2 nitrogen and oxygen atoms in total. The monoisotopic (exact) mass is 279 g/mol. The van der Waals surface area contributed by atoms with Crippen LogP contribution in [0.2, 0.25) is 5.02 Å². The Labute approximate surface area is 117 Å². The molecule has 0 fully saturated rings. The number of benzene rings is 2. The molecule has 0 saturated carbocycles. The van der Waals surface area contributed by atoms with Crippen LogP contribution in [0, 0.1) is 5.82 Å². The molecule has 4 heteroatoms. The van der Waals surface area contributed by atoms with E-state index in [0.29, 0.717) is 23.9 Å². The first kappa shape index (κ1) is 13.7. The average molecular weight is 280 g/mol. The van der Waals surface area contributed by atoms with Crippen LogP contribution in [-0.2, 0) is 6.54 Å². The van der Waals surface area contributed by atoms with E-state index in [1.165, 1.54) is 12.1 Å². The molecular formula is C15H15ClFNO. The molecular weight excluding hydrogens is 265 g/mol. The highest BCUT2D eigenvalue weighted by Crippen LogP contribution is 2.26. The molecule has 0 aliphatic heterocycles. The molecule has 0 atom stereocenters. The summed E-state index contributed by atoms with van der Waals surface area (Å²) in [4.78, 5) is 0. The Morgan fingerprint density at radius 2 is 2.00 bits per heavy atom. The maximum Gasteiger partial charge on any atom is 0.145 e. The number of nitrogens with one attached hydrogen (secondary N) is 1. The van der Waals surface area contributed by atoms with Gasteiger partial charge in [-0.15, -0.1) is 0 Å². The highest BCUT2D eigenvalue weighted by atomic mass is 35.5. The van der Waals surface area contributed by atoms with Crippen molar-refractivity contribution in [1.82, 2.24) is 0 Å². The van der Waals surface area contributed by atoms with Gasteiger partial charge in [0.25, 0.3) is 0 Å². The van der Waals surface area contributed by atoms with Crippen molar-refractivity contribution in [3.63, 3.8) is 0 Å². The molecule has 2 aromatic rings. The van der Waals surface area contributed by atoms with Crippen LogP contribution in [0.1, 0.15) is 12.5 Å². The van der Waals surface area contributed by atoms with Crippen molar-refractivity contribution in [3.8, 4) is 5.75 Å². The number of hydrogen-bond acceptors (Lipinski definition) is 2. The summed E-state index contributed by atoms with van der Waals surface area (Å²) in [7, 11) is 0. The first-order valence-electron chi connectivity index (χ1n) is 6.10. The van der Waals surface area contributed by atoms with Gasteiger partial charge in [-0.1, -0.05) is 29.8 Å². The molecule has 0 heterocycles. The lowest BCUT2D eigenvalue weighted by Crippen LogP contribution is -2.03. The zero-order chi connectivity index (χ0) is 13.7. The van der Waals surface area contributed by atoms with Gasteiger partial charge in [0.15, 0.2) is 0 Å². The molecule has 100 valence electrons. The zero-order valence-corrected chi connectivity index (χ0v) is 11.4. The molecule has 0 saturated heterocycles. The van der Waals surface area contributed by atoms with E-state index in [2.05, 4.69) is 5.32 Å². The SMILES string of the molecule is CCOc1cc(F)ccc1NCc1ccccc1Cl. The molecule has 19 heavy (non-hydrogen) atoms. The summed E-state index contributed by atoms with van der Waals surface area (Å²) in [5.41, 5.74) is 1.74. The molecule has 2 rings (SSSR count). The highest BCUT2D eigenvalue weighted by molar-refractivity contribution is 6.31. The minimum absolute atomic E-state index is 0.313. The number of hydrogen-bond donors (Lipinski definition) is 1. The summed E-state index contributed by atoms with van der Waals surface area (Å²) in [6.07, 6.45) is 0. The van der Waals surface area contributed by atoms with Crippen molar-refractivity contribution >= 4 is 17.3 Å². The van der Waals surface area contributed by atoms with Gasteiger partial charge in [-0.25, -0.2) is 4.39 Å². The van der Waals surface area contributed by atoms with Gasteiger partial charge >= 0.3 is 0 Å². The topological polar surface area (TPSA) is 21.3 Å². The van der Waals surface area contributed by atoms with Crippen molar-refractivity contribution in [2.24, 2.45) is 0 Å². The van der Waals surface area contributed by atoms with E-state index in [1.807, 2.05) is 31.2 Å². The van der Waals surface area contributed by atoms with Gasteiger partial charge in [0.05, 0.1) is 12.3 Å². The Morgan fingerprint density at radius 3 is 2.74 bits per heavy atom. The smallest absolute Gasteiger partial charge is 0.145 e. The summed E-state index contributed by atoms with van der Waals surface area (Å²) in [5.74, 6) is 0.196. The van der Waals surface area contributed by atoms with Crippen molar-refractivity contribution in [3.05, 3.63) is 58.9 Å². The van der Waals surface area contributed by atoms with Crippen molar-refractivity contribution in [1.29, 1.82) is 0 Å².